The predicted octanol–water partition coefficient (Wildman–Crippen LogP) is 2.19. The third kappa shape index (κ3) is 2.91. The number of rotatable bonds is 2. The van der Waals surface area contributed by atoms with Crippen LogP contribution in [0, 0.1) is 17.6 Å². The molecule has 1 aromatic carbocycles. The van der Waals surface area contributed by atoms with Gasteiger partial charge in [-0.2, -0.15) is 0 Å². The maximum atomic E-state index is 13.7. The van der Waals surface area contributed by atoms with Crippen molar-refractivity contribution in [2.45, 2.75) is 19.1 Å². The minimum absolute atomic E-state index is 0.201. The summed E-state index contributed by atoms with van der Waals surface area (Å²) in [7, 11) is 0. The second-order valence-electron chi connectivity index (χ2n) is 5.34. The van der Waals surface area contributed by atoms with Crippen LogP contribution < -0.4 is 0 Å². The van der Waals surface area contributed by atoms with Crippen molar-refractivity contribution in [3.05, 3.63) is 35.4 Å². The Morgan fingerprint density at radius 2 is 1.67 bits per heavy atom. The van der Waals surface area contributed by atoms with E-state index in [4.69, 9.17) is 9.47 Å². The van der Waals surface area contributed by atoms with E-state index in [-0.39, 0.29) is 12.2 Å². The molecular formula is C15H17F2NO3. The highest BCUT2D eigenvalue weighted by Gasteiger charge is 2.33. The van der Waals surface area contributed by atoms with Gasteiger partial charge in [0, 0.05) is 19.0 Å². The Hall–Kier alpha value is -1.53. The van der Waals surface area contributed by atoms with Gasteiger partial charge in [0.05, 0.1) is 13.2 Å². The number of amides is 1. The number of carbonyl (C=O) groups excluding carboxylic acids is 1. The van der Waals surface area contributed by atoms with Crippen LogP contribution in [0.2, 0.25) is 0 Å². The maximum absolute atomic E-state index is 13.7. The minimum atomic E-state index is -0.815. The van der Waals surface area contributed by atoms with Crippen molar-refractivity contribution in [3.8, 4) is 0 Å². The zero-order chi connectivity index (χ0) is 14.8. The Morgan fingerprint density at radius 3 is 2.24 bits per heavy atom. The monoisotopic (exact) mass is 297 g/mol. The lowest BCUT2D eigenvalue weighted by Gasteiger charge is -2.34. The molecule has 1 aromatic rings. The highest BCUT2D eigenvalue weighted by Crippen LogP contribution is 2.27. The van der Waals surface area contributed by atoms with Crippen LogP contribution in [0.15, 0.2) is 18.2 Å². The zero-order valence-electron chi connectivity index (χ0n) is 11.6. The predicted molar refractivity (Wildman–Crippen MR) is 70.7 cm³/mol. The van der Waals surface area contributed by atoms with Gasteiger partial charge in [0.25, 0.3) is 5.91 Å². The van der Waals surface area contributed by atoms with Gasteiger partial charge in [-0.25, -0.2) is 8.78 Å². The molecule has 114 valence electrons. The molecular weight excluding hydrogens is 280 g/mol. The first-order chi connectivity index (χ1) is 10.2. The number of hydrogen-bond donors (Lipinski definition) is 0. The summed E-state index contributed by atoms with van der Waals surface area (Å²) >= 11 is 0. The average Bonchev–Trinajstić information content (AvgIpc) is 3.01. The van der Waals surface area contributed by atoms with Gasteiger partial charge < -0.3 is 14.4 Å². The number of piperidine rings is 1. The summed E-state index contributed by atoms with van der Waals surface area (Å²) in [6.45, 7) is 2.12. The van der Waals surface area contributed by atoms with Crippen LogP contribution in [0.25, 0.3) is 0 Å². The molecule has 0 aromatic heterocycles. The molecule has 0 N–H and O–H groups in total. The van der Waals surface area contributed by atoms with Gasteiger partial charge in [0.2, 0.25) is 0 Å². The van der Waals surface area contributed by atoms with E-state index in [2.05, 4.69) is 0 Å². The Morgan fingerprint density at radius 1 is 1.10 bits per heavy atom. The first-order valence-corrected chi connectivity index (χ1v) is 7.13. The lowest BCUT2D eigenvalue weighted by molar-refractivity contribution is -0.0956. The Labute approximate surface area is 121 Å². The largest absolute Gasteiger partial charge is 0.350 e. The molecule has 0 radical (unpaired) electrons. The van der Waals surface area contributed by atoms with Gasteiger partial charge >= 0.3 is 0 Å². The molecule has 0 atom stereocenters. The van der Waals surface area contributed by atoms with E-state index in [0.29, 0.717) is 39.1 Å². The van der Waals surface area contributed by atoms with Crippen LogP contribution in [-0.2, 0) is 9.47 Å². The molecule has 3 rings (SSSR count). The smallest absolute Gasteiger partial charge is 0.259 e. The quantitative estimate of drug-likeness (QED) is 0.840. The molecule has 2 aliphatic rings. The molecule has 2 aliphatic heterocycles. The summed E-state index contributed by atoms with van der Waals surface area (Å²) in [6, 6.07) is 3.45. The van der Waals surface area contributed by atoms with Gasteiger partial charge in [0.15, 0.2) is 6.29 Å². The summed E-state index contributed by atoms with van der Waals surface area (Å²) < 4.78 is 38.2. The van der Waals surface area contributed by atoms with Crippen molar-refractivity contribution in [2.75, 3.05) is 26.3 Å². The summed E-state index contributed by atoms with van der Waals surface area (Å²) in [5.74, 6) is -1.98. The molecule has 0 saturated carbocycles. The molecule has 4 nitrogen and oxygen atoms in total. The maximum Gasteiger partial charge on any atom is 0.259 e. The second-order valence-corrected chi connectivity index (χ2v) is 5.34. The Balaban J connectivity index is 1.65. The second kappa shape index (κ2) is 6.07. The summed E-state index contributed by atoms with van der Waals surface area (Å²) in [5.41, 5.74) is -0.468. The molecule has 21 heavy (non-hydrogen) atoms. The topological polar surface area (TPSA) is 38.8 Å². The summed E-state index contributed by atoms with van der Waals surface area (Å²) in [6.07, 6.45) is 1.23. The zero-order valence-corrected chi connectivity index (χ0v) is 11.6. The molecule has 0 bridgehead atoms. The van der Waals surface area contributed by atoms with Gasteiger partial charge in [0.1, 0.15) is 17.2 Å². The fraction of sp³-hybridized carbons (Fsp3) is 0.533. The molecule has 0 unspecified atom stereocenters. The first-order valence-electron chi connectivity index (χ1n) is 7.13. The van der Waals surface area contributed by atoms with Crippen molar-refractivity contribution in [2.24, 2.45) is 5.92 Å². The van der Waals surface area contributed by atoms with E-state index in [9.17, 15) is 13.6 Å². The van der Waals surface area contributed by atoms with Crippen molar-refractivity contribution in [1.82, 2.24) is 4.90 Å². The van der Waals surface area contributed by atoms with E-state index >= 15 is 0 Å². The number of nitrogens with zero attached hydrogens (tertiary/aromatic N) is 1. The third-order valence-corrected chi connectivity index (χ3v) is 4.04. The molecule has 0 aliphatic carbocycles. The van der Waals surface area contributed by atoms with Gasteiger partial charge in [-0.05, 0) is 25.0 Å². The summed E-state index contributed by atoms with van der Waals surface area (Å²) in [4.78, 5) is 13.7. The molecule has 0 spiro atoms. The normalized spacial score (nSPS) is 21.0. The SMILES string of the molecule is O=C(c1c(F)cccc1F)N1CCC(C2OCCO2)CC1. The number of benzene rings is 1. The van der Waals surface area contributed by atoms with Crippen LogP contribution in [0.3, 0.4) is 0 Å². The van der Waals surface area contributed by atoms with Crippen molar-refractivity contribution in [1.29, 1.82) is 0 Å². The molecule has 2 heterocycles. The summed E-state index contributed by atoms with van der Waals surface area (Å²) in [5, 5.41) is 0. The Bertz CT molecular complexity index is 503. The molecule has 1 amide bonds. The minimum Gasteiger partial charge on any atom is -0.350 e. The number of halogens is 2. The lowest BCUT2D eigenvalue weighted by Crippen LogP contribution is -2.42. The van der Waals surface area contributed by atoms with Gasteiger partial charge in [-0.1, -0.05) is 6.07 Å². The van der Waals surface area contributed by atoms with Crippen LogP contribution in [-0.4, -0.2) is 43.4 Å². The van der Waals surface area contributed by atoms with Crippen LogP contribution in [0.1, 0.15) is 23.2 Å². The van der Waals surface area contributed by atoms with Crippen molar-refractivity contribution in [3.63, 3.8) is 0 Å². The number of ether oxygens (including phenoxy) is 2. The highest BCUT2D eigenvalue weighted by molar-refractivity contribution is 5.94. The average molecular weight is 297 g/mol. The molecule has 2 saturated heterocycles. The van der Waals surface area contributed by atoms with Crippen molar-refractivity contribution < 1.29 is 23.0 Å². The third-order valence-electron chi connectivity index (χ3n) is 4.04. The van der Waals surface area contributed by atoms with E-state index in [0.717, 1.165) is 12.1 Å². The van der Waals surface area contributed by atoms with E-state index < -0.39 is 23.1 Å². The number of hydrogen-bond acceptors (Lipinski definition) is 3. The molecule has 6 heteroatoms. The Kier molecular flexibility index (Phi) is 4.17. The fourth-order valence-electron chi connectivity index (χ4n) is 2.88. The standard InChI is InChI=1S/C15H17F2NO3/c16-11-2-1-3-12(17)13(11)14(19)18-6-4-10(5-7-18)15-20-8-9-21-15/h1-3,10,15H,4-9H2. The van der Waals surface area contributed by atoms with E-state index in [1.54, 1.807) is 0 Å². The fourth-order valence-corrected chi connectivity index (χ4v) is 2.88. The van der Waals surface area contributed by atoms with E-state index in [1.807, 2.05) is 0 Å². The number of carbonyl (C=O) groups is 1. The molecule has 2 fully saturated rings. The lowest BCUT2D eigenvalue weighted by atomic mass is 9.95. The highest BCUT2D eigenvalue weighted by atomic mass is 19.1. The van der Waals surface area contributed by atoms with E-state index in [1.165, 1.54) is 11.0 Å². The van der Waals surface area contributed by atoms with Gasteiger partial charge in [-0.3, -0.25) is 4.79 Å². The van der Waals surface area contributed by atoms with Gasteiger partial charge in [-0.15, -0.1) is 0 Å². The van der Waals surface area contributed by atoms with Crippen LogP contribution in [0.5, 0.6) is 0 Å². The van der Waals surface area contributed by atoms with Crippen LogP contribution >= 0.6 is 0 Å². The number of likely N-dealkylation sites (tertiary alicyclic amines) is 1. The first kappa shape index (κ1) is 14.4. The van der Waals surface area contributed by atoms with Crippen LogP contribution in [0.4, 0.5) is 8.78 Å². The van der Waals surface area contributed by atoms with Crippen molar-refractivity contribution >= 4 is 5.91 Å².